The molecule has 8 aromatic carbocycles. The van der Waals surface area contributed by atoms with Gasteiger partial charge in [-0.25, -0.2) is 15.0 Å². The first-order valence-corrected chi connectivity index (χ1v) is 21.0. The van der Waals surface area contributed by atoms with Gasteiger partial charge in [0.1, 0.15) is 0 Å². The van der Waals surface area contributed by atoms with Gasteiger partial charge in [0.25, 0.3) is 0 Å². The minimum atomic E-state index is -0.517. The Morgan fingerprint density at radius 1 is 0.333 bits per heavy atom. The molecule has 1 spiro atoms. The van der Waals surface area contributed by atoms with E-state index in [4.69, 9.17) is 19.9 Å². The lowest BCUT2D eigenvalue weighted by molar-refractivity contribution is 0.722. The Bertz CT molecular complexity index is 3240. The lowest BCUT2D eigenvalue weighted by atomic mass is 9.67. The van der Waals surface area contributed by atoms with Crippen LogP contribution in [0.2, 0.25) is 0 Å². The van der Waals surface area contributed by atoms with Crippen LogP contribution in [0.15, 0.2) is 216 Å². The highest BCUT2D eigenvalue weighted by Gasteiger charge is 2.50. The predicted molar refractivity (Wildman–Crippen MR) is 244 cm³/mol. The molecule has 0 radical (unpaired) electrons. The summed E-state index contributed by atoms with van der Waals surface area (Å²) in [6.07, 6.45) is 1.88. The summed E-state index contributed by atoms with van der Waals surface area (Å²) in [5.41, 5.74) is 15.3. The van der Waals surface area contributed by atoms with Crippen LogP contribution in [0.4, 0.5) is 0 Å². The molecule has 5 heteroatoms. The molecule has 0 saturated heterocycles. The largest absolute Gasteiger partial charge is 0.256 e. The minimum absolute atomic E-state index is 0.517. The van der Waals surface area contributed by atoms with E-state index in [1.807, 2.05) is 48.3 Å². The van der Waals surface area contributed by atoms with Crippen LogP contribution in [0.5, 0.6) is 0 Å². The van der Waals surface area contributed by atoms with Gasteiger partial charge >= 0.3 is 0 Å². The summed E-state index contributed by atoms with van der Waals surface area (Å²) >= 11 is 1.86. The zero-order chi connectivity index (χ0) is 39.6. The van der Waals surface area contributed by atoms with E-state index in [1.54, 1.807) is 0 Å². The van der Waals surface area contributed by atoms with Gasteiger partial charge in [0, 0.05) is 43.6 Å². The van der Waals surface area contributed by atoms with Gasteiger partial charge in [0.05, 0.1) is 10.9 Å². The standard InChI is InChI=1S/C55H34N4S/c1-3-13-35(14-4-1)36-24-26-39(27-25-36)53-57-52(38-15-5-2-6-16-38)58-54(59-53)41-29-31-46-44(34-41)43-33-40(42-19-11-17-37-18-12-32-56-51(37)42)28-30-45(43)55(46)47-20-7-9-22-49(47)60-50-23-10-8-21-48(50)55/h1-34H. The highest BCUT2D eigenvalue weighted by Crippen LogP contribution is 2.62. The second-order valence-corrected chi connectivity index (χ2v) is 16.4. The summed E-state index contributed by atoms with van der Waals surface area (Å²) in [5.74, 6) is 1.90. The third-order valence-corrected chi connectivity index (χ3v) is 13.2. The van der Waals surface area contributed by atoms with Crippen molar-refractivity contribution in [3.05, 3.63) is 229 Å². The van der Waals surface area contributed by atoms with Crippen LogP contribution in [0, 0.1) is 0 Å². The van der Waals surface area contributed by atoms with Crippen molar-refractivity contribution < 1.29 is 0 Å². The summed E-state index contributed by atoms with van der Waals surface area (Å²) in [6.45, 7) is 0. The average molecular weight is 783 g/mol. The van der Waals surface area contributed by atoms with Crippen LogP contribution in [0.1, 0.15) is 22.3 Å². The molecule has 0 saturated carbocycles. The molecule has 0 N–H and O–H groups in total. The Balaban J connectivity index is 1.09. The van der Waals surface area contributed by atoms with Crippen molar-refractivity contribution in [3.63, 3.8) is 0 Å². The number of hydrogen-bond donors (Lipinski definition) is 0. The molecule has 0 fully saturated rings. The molecule has 60 heavy (non-hydrogen) atoms. The number of aromatic nitrogens is 4. The van der Waals surface area contributed by atoms with Crippen molar-refractivity contribution in [2.45, 2.75) is 15.2 Å². The Labute approximate surface area is 352 Å². The minimum Gasteiger partial charge on any atom is -0.256 e. The monoisotopic (exact) mass is 782 g/mol. The van der Waals surface area contributed by atoms with Crippen molar-refractivity contribution in [2.75, 3.05) is 0 Å². The van der Waals surface area contributed by atoms with E-state index >= 15 is 0 Å². The quantitative estimate of drug-likeness (QED) is 0.174. The maximum atomic E-state index is 5.22. The number of benzene rings is 8. The molecule has 4 nitrogen and oxygen atoms in total. The Hall–Kier alpha value is -7.47. The van der Waals surface area contributed by atoms with E-state index < -0.39 is 5.41 Å². The van der Waals surface area contributed by atoms with Crippen LogP contribution in [0.25, 0.3) is 78.4 Å². The van der Waals surface area contributed by atoms with Gasteiger partial charge < -0.3 is 0 Å². The van der Waals surface area contributed by atoms with Crippen molar-refractivity contribution in [1.29, 1.82) is 0 Å². The number of pyridine rings is 1. The Morgan fingerprint density at radius 2 is 0.817 bits per heavy atom. The van der Waals surface area contributed by atoms with Crippen molar-refractivity contribution in [1.82, 2.24) is 19.9 Å². The van der Waals surface area contributed by atoms with E-state index in [2.05, 4.69) is 170 Å². The number of hydrogen-bond acceptors (Lipinski definition) is 5. The predicted octanol–water partition coefficient (Wildman–Crippen LogP) is 13.6. The zero-order valence-corrected chi connectivity index (χ0v) is 33.1. The summed E-state index contributed by atoms with van der Waals surface area (Å²) in [4.78, 5) is 22.9. The molecule has 1 aliphatic heterocycles. The third-order valence-electron chi connectivity index (χ3n) is 12.1. The first-order valence-electron chi connectivity index (χ1n) is 20.2. The Morgan fingerprint density at radius 3 is 1.48 bits per heavy atom. The molecule has 2 aliphatic rings. The maximum Gasteiger partial charge on any atom is 0.164 e. The number of para-hydroxylation sites is 1. The molecule has 280 valence electrons. The average Bonchev–Trinajstić information content (AvgIpc) is 3.61. The summed E-state index contributed by atoms with van der Waals surface area (Å²) in [6, 6.07) is 71.4. The lowest BCUT2D eigenvalue weighted by Crippen LogP contribution is -2.31. The third kappa shape index (κ3) is 5.40. The van der Waals surface area contributed by atoms with Gasteiger partial charge in [-0.2, -0.15) is 0 Å². The summed E-state index contributed by atoms with van der Waals surface area (Å²) in [5, 5.41) is 1.12. The van der Waals surface area contributed by atoms with Crippen LogP contribution < -0.4 is 0 Å². The van der Waals surface area contributed by atoms with Crippen molar-refractivity contribution >= 4 is 22.7 Å². The molecule has 0 amide bonds. The van der Waals surface area contributed by atoms with E-state index in [9.17, 15) is 0 Å². The van der Waals surface area contributed by atoms with Gasteiger partial charge in [0.15, 0.2) is 17.5 Å². The lowest BCUT2D eigenvalue weighted by Gasteiger charge is -2.39. The van der Waals surface area contributed by atoms with Crippen LogP contribution in [0.3, 0.4) is 0 Å². The molecule has 3 heterocycles. The highest BCUT2D eigenvalue weighted by molar-refractivity contribution is 7.99. The molecule has 0 unspecified atom stereocenters. The fourth-order valence-electron chi connectivity index (χ4n) is 9.34. The SMILES string of the molecule is c1ccc(-c2ccc(-c3nc(-c4ccccc4)nc(-c4ccc5c(c4)-c4cc(-c6cccc7cccnc67)ccc4C54c5ccccc5Sc5ccccc54)n3)cc2)cc1. The van der Waals surface area contributed by atoms with E-state index in [-0.39, 0.29) is 0 Å². The van der Waals surface area contributed by atoms with E-state index in [0.717, 1.165) is 44.3 Å². The number of rotatable bonds is 5. The molecule has 10 aromatic rings. The molecule has 12 rings (SSSR count). The summed E-state index contributed by atoms with van der Waals surface area (Å²) in [7, 11) is 0. The number of fused-ring (bicyclic) bond motifs is 10. The van der Waals surface area contributed by atoms with Gasteiger partial charge in [0.2, 0.25) is 0 Å². The molecule has 2 aromatic heterocycles. The fourth-order valence-corrected chi connectivity index (χ4v) is 10.5. The zero-order valence-electron chi connectivity index (χ0n) is 32.3. The number of nitrogens with zero attached hydrogens (tertiary/aromatic N) is 4. The first-order chi connectivity index (χ1) is 29.7. The highest BCUT2D eigenvalue weighted by atomic mass is 32.2. The van der Waals surface area contributed by atoms with E-state index in [0.29, 0.717) is 17.5 Å². The topological polar surface area (TPSA) is 51.6 Å². The van der Waals surface area contributed by atoms with Crippen molar-refractivity contribution in [2.24, 2.45) is 0 Å². The maximum absolute atomic E-state index is 5.22. The van der Waals surface area contributed by atoms with Crippen LogP contribution >= 0.6 is 11.8 Å². The van der Waals surface area contributed by atoms with Gasteiger partial charge in [-0.15, -0.1) is 0 Å². The molecule has 0 atom stereocenters. The smallest absolute Gasteiger partial charge is 0.164 e. The van der Waals surface area contributed by atoms with Gasteiger partial charge in [-0.1, -0.05) is 182 Å². The molecular formula is C55H34N4S. The van der Waals surface area contributed by atoms with Crippen LogP contribution in [-0.2, 0) is 5.41 Å². The second kappa shape index (κ2) is 13.8. The van der Waals surface area contributed by atoms with Crippen molar-refractivity contribution in [3.8, 4) is 67.5 Å². The molecular weight excluding hydrogens is 749 g/mol. The van der Waals surface area contributed by atoms with Gasteiger partial charge in [-0.05, 0) is 80.4 Å². The van der Waals surface area contributed by atoms with E-state index in [1.165, 1.54) is 48.7 Å². The Kier molecular flexibility index (Phi) is 7.97. The second-order valence-electron chi connectivity index (χ2n) is 15.4. The normalized spacial score (nSPS) is 13.1. The van der Waals surface area contributed by atoms with Crippen LogP contribution in [-0.4, -0.2) is 19.9 Å². The molecule has 0 bridgehead atoms. The first kappa shape index (κ1) is 34.6. The molecule has 1 aliphatic carbocycles. The fraction of sp³-hybridized carbons (Fsp3) is 0.0182. The summed E-state index contributed by atoms with van der Waals surface area (Å²) < 4.78 is 0. The van der Waals surface area contributed by atoms with Gasteiger partial charge in [-0.3, -0.25) is 4.98 Å².